The van der Waals surface area contributed by atoms with Crippen LogP contribution in [0.25, 0.3) is 0 Å². The summed E-state index contributed by atoms with van der Waals surface area (Å²) in [7, 11) is 0. The normalized spacial score (nSPS) is 13.1. The van der Waals surface area contributed by atoms with E-state index in [1.165, 1.54) is 4.90 Å². The van der Waals surface area contributed by atoms with Gasteiger partial charge in [-0.1, -0.05) is 32.0 Å². The van der Waals surface area contributed by atoms with Gasteiger partial charge in [-0.15, -0.1) is 11.8 Å². The van der Waals surface area contributed by atoms with Crippen molar-refractivity contribution in [3.63, 3.8) is 0 Å². The molecule has 1 N–H and O–H groups in total. The van der Waals surface area contributed by atoms with E-state index in [2.05, 4.69) is 26.0 Å². The zero-order valence-corrected chi connectivity index (χ0v) is 9.63. The molecule has 0 radical (unpaired) electrons. The van der Waals surface area contributed by atoms with Crippen LogP contribution in [0.3, 0.4) is 0 Å². The number of thioether (sulfide) groups is 1. The molecular weight excluding hydrogens is 192 g/mol. The summed E-state index contributed by atoms with van der Waals surface area (Å²) in [5.41, 5.74) is 0. The Bertz CT molecular complexity index is 246. The minimum Gasteiger partial charge on any atom is -0.396 e. The highest BCUT2D eigenvalue weighted by molar-refractivity contribution is 7.99. The number of rotatable bonds is 5. The number of benzene rings is 1. The molecule has 0 fully saturated rings. The van der Waals surface area contributed by atoms with Crippen molar-refractivity contribution in [1.29, 1.82) is 0 Å². The Hall–Kier alpha value is -0.470. The zero-order chi connectivity index (χ0) is 10.4. The first kappa shape index (κ1) is 11.6. The van der Waals surface area contributed by atoms with Crippen molar-refractivity contribution < 1.29 is 5.11 Å². The van der Waals surface area contributed by atoms with Crippen LogP contribution >= 0.6 is 11.8 Å². The van der Waals surface area contributed by atoms with E-state index in [1.54, 1.807) is 0 Å². The molecule has 1 rings (SSSR count). The quantitative estimate of drug-likeness (QED) is 0.754. The molecule has 14 heavy (non-hydrogen) atoms. The monoisotopic (exact) mass is 210 g/mol. The maximum atomic E-state index is 9.16. The summed E-state index contributed by atoms with van der Waals surface area (Å²) in [5.74, 6) is 1.95. The van der Waals surface area contributed by atoms with E-state index in [0.29, 0.717) is 11.8 Å². The lowest BCUT2D eigenvalue weighted by molar-refractivity contribution is 0.206. The molecule has 2 heteroatoms. The van der Waals surface area contributed by atoms with Gasteiger partial charge in [-0.05, 0) is 24.0 Å². The van der Waals surface area contributed by atoms with E-state index >= 15 is 0 Å². The highest BCUT2D eigenvalue weighted by Gasteiger charge is 2.11. The molecule has 0 saturated carbocycles. The smallest absolute Gasteiger partial charge is 0.0469 e. The molecule has 78 valence electrons. The van der Waals surface area contributed by atoms with E-state index < -0.39 is 0 Å². The van der Waals surface area contributed by atoms with Crippen molar-refractivity contribution in [3.05, 3.63) is 30.3 Å². The van der Waals surface area contributed by atoms with Crippen LogP contribution in [0.15, 0.2) is 35.2 Å². The summed E-state index contributed by atoms with van der Waals surface area (Å²) in [6.45, 7) is 4.61. The fourth-order valence-electron chi connectivity index (χ4n) is 1.18. The highest BCUT2D eigenvalue weighted by atomic mass is 32.2. The molecule has 0 aliphatic heterocycles. The minimum atomic E-state index is 0.289. The van der Waals surface area contributed by atoms with Crippen LogP contribution in [0, 0.1) is 11.8 Å². The van der Waals surface area contributed by atoms with Crippen molar-refractivity contribution in [1.82, 2.24) is 0 Å². The van der Waals surface area contributed by atoms with Gasteiger partial charge in [0.2, 0.25) is 0 Å². The molecule has 1 aromatic carbocycles. The third-order valence-electron chi connectivity index (χ3n) is 2.38. The van der Waals surface area contributed by atoms with Crippen LogP contribution in [0.1, 0.15) is 13.8 Å². The van der Waals surface area contributed by atoms with E-state index in [0.717, 1.165) is 5.75 Å². The van der Waals surface area contributed by atoms with Crippen molar-refractivity contribution in [2.45, 2.75) is 18.7 Å². The average molecular weight is 210 g/mol. The molecule has 0 aliphatic carbocycles. The van der Waals surface area contributed by atoms with Gasteiger partial charge in [-0.25, -0.2) is 0 Å². The van der Waals surface area contributed by atoms with E-state index in [1.807, 2.05) is 30.0 Å². The molecular formula is C12H18OS. The van der Waals surface area contributed by atoms with Gasteiger partial charge in [-0.2, -0.15) is 0 Å². The first-order chi connectivity index (χ1) is 6.74. The molecule has 0 spiro atoms. The Morgan fingerprint density at radius 2 is 1.86 bits per heavy atom. The maximum absolute atomic E-state index is 9.16. The molecule has 0 heterocycles. The van der Waals surface area contributed by atoms with Gasteiger partial charge in [0.1, 0.15) is 0 Å². The Kier molecular flexibility index (Phi) is 5.05. The Balaban J connectivity index is 2.40. The van der Waals surface area contributed by atoms with Crippen molar-refractivity contribution >= 4 is 11.8 Å². The van der Waals surface area contributed by atoms with Crippen LogP contribution < -0.4 is 0 Å². The highest BCUT2D eigenvalue weighted by Crippen LogP contribution is 2.23. The molecule has 0 unspecified atom stereocenters. The fourth-order valence-corrected chi connectivity index (χ4v) is 2.42. The predicted octanol–water partition coefficient (Wildman–Crippen LogP) is 3.04. The van der Waals surface area contributed by atoms with Gasteiger partial charge in [0.05, 0.1) is 0 Å². The first-order valence-electron chi connectivity index (χ1n) is 5.02. The topological polar surface area (TPSA) is 20.2 Å². The largest absolute Gasteiger partial charge is 0.396 e. The molecule has 1 nitrogen and oxygen atoms in total. The average Bonchev–Trinajstić information content (AvgIpc) is 2.20. The minimum absolute atomic E-state index is 0.289. The molecule has 0 amide bonds. The molecule has 1 atom stereocenters. The Morgan fingerprint density at radius 3 is 2.36 bits per heavy atom. The van der Waals surface area contributed by atoms with Gasteiger partial charge in [0.25, 0.3) is 0 Å². The third-order valence-corrected chi connectivity index (χ3v) is 3.58. The third kappa shape index (κ3) is 3.72. The molecule has 0 aliphatic rings. The van der Waals surface area contributed by atoms with Crippen molar-refractivity contribution in [3.8, 4) is 0 Å². The van der Waals surface area contributed by atoms with E-state index in [-0.39, 0.29) is 6.61 Å². The van der Waals surface area contributed by atoms with Gasteiger partial charge >= 0.3 is 0 Å². The predicted molar refractivity (Wildman–Crippen MR) is 62.6 cm³/mol. The standard InChI is InChI=1S/C12H18OS/c1-10(2)11(8-13)9-14-12-6-4-3-5-7-12/h3-7,10-11,13H,8-9H2,1-2H3/t11-/m1/s1. The molecule has 0 saturated heterocycles. The van der Waals surface area contributed by atoms with Crippen LogP contribution in [-0.2, 0) is 0 Å². The van der Waals surface area contributed by atoms with E-state index in [9.17, 15) is 0 Å². The van der Waals surface area contributed by atoms with Crippen LogP contribution in [0.5, 0.6) is 0 Å². The second-order valence-corrected chi connectivity index (χ2v) is 4.90. The first-order valence-corrected chi connectivity index (χ1v) is 6.01. The van der Waals surface area contributed by atoms with Gasteiger partial charge in [0.15, 0.2) is 0 Å². The second-order valence-electron chi connectivity index (χ2n) is 3.81. The SMILES string of the molecule is CC(C)[C@H](CO)CSc1ccccc1. The molecule has 0 aromatic heterocycles. The van der Waals surface area contributed by atoms with Crippen LogP contribution in [0.2, 0.25) is 0 Å². The van der Waals surface area contributed by atoms with Crippen LogP contribution in [0.4, 0.5) is 0 Å². The van der Waals surface area contributed by atoms with Gasteiger partial charge in [0, 0.05) is 17.3 Å². The van der Waals surface area contributed by atoms with Crippen LogP contribution in [-0.4, -0.2) is 17.5 Å². The number of aliphatic hydroxyl groups excluding tert-OH is 1. The Morgan fingerprint density at radius 1 is 1.21 bits per heavy atom. The maximum Gasteiger partial charge on any atom is 0.0469 e. The summed E-state index contributed by atoms with van der Waals surface area (Å²) in [5, 5.41) is 9.16. The van der Waals surface area contributed by atoms with Gasteiger partial charge < -0.3 is 5.11 Å². The number of aliphatic hydroxyl groups is 1. The lowest BCUT2D eigenvalue weighted by Gasteiger charge is -2.17. The summed E-state index contributed by atoms with van der Waals surface area (Å²) in [6.07, 6.45) is 0. The van der Waals surface area contributed by atoms with Crippen molar-refractivity contribution in [2.24, 2.45) is 11.8 Å². The summed E-state index contributed by atoms with van der Waals surface area (Å²) in [4.78, 5) is 1.28. The fraction of sp³-hybridized carbons (Fsp3) is 0.500. The number of hydrogen-bond acceptors (Lipinski definition) is 2. The molecule has 1 aromatic rings. The summed E-state index contributed by atoms with van der Waals surface area (Å²) < 4.78 is 0. The lowest BCUT2D eigenvalue weighted by atomic mass is 9.99. The Labute approximate surface area is 90.5 Å². The summed E-state index contributed by atoms with van der Waals surface area (Å²) in [6, 6.07) is 10.3. The molecule has 0 bridgehead atoms. The lowest BCUT2D eigenvalue weighted by Crippen LogP contribution is -2.15. The van der Waals surface area contributed by atoms with Crippen molar-refractivity contribution in [2.75, 3.05) is 12.4 Å². The van der Waals surface area contributed by atoms with Gasteiger partial charge in [-0.3, -0.25) is 0 Å². The van der Waals surface area contributed by atoms with E-state index in [4.69, 9.17) is 5.11 Å². The number of hydrogen-bond donors (Lipinski definition) is 1. The zero-order valence-electron chi connectivity index (χ0n) is 8.81. The summed E-state index contributed by atoms with van der Waals surface area (Å²) >= 11 is 1.82. The second kappa shape index (κ2) is 6.10.